The summed E-state index contributed by atoms with van der Waals surface area (Å²) in [6, 6.07) is 0. The number of nitrogens with two attached hydrogens (primary N) is 2. The fourth-order valence-electron chi connectivity index (χ4n) is 0.629. The third-order valence-corrected chi connectivity index (χ3v) is 1.17. The van der Waals surface area contributed by atoms with E-state index >= 15 is 0 Å². The molecular formula is C5H10N4. The lowest BCUT2D eigenvalue weighted by molar-refractivity contribution is 0.640. The first-order valence-electron chi connectivity index (χ1n) is 2.73. The second-order valence-electron chi connectivity index (χ2n) is 1.92. The molecule has 0 unspecified atom stereocenters. The average molecular weight is 126 g/mol. The molecule has 0 fully saturated rings. The molecule has 1 heterocycles. The van der Waals surface area contributed by atoms with Gasteiger partial charge in [0.25, 0.3) is 0 Å². The van der Waals surface area contributed by atoms with Crippen molar-refractivity contribution in [3.63, 3.8) is 0 Å². The molecule has 4 nitrogen and oxygen atoms in total. The van der Waals surface area contributed by atoms with Gasteiger partial charge in [-0.3, -0.25) is 4.68 Å². The van der Waals surface area contributed by atoms with E-state index in [-0.39, 0.29) is 0 Å². The molecule has 0 bridgehead atoms. The molecule has 50 valence electrons. The standard InChI is InChI=1S/C5H10N4/c1-4-2-9(3-6)8-5(4)7/h2H,3,6H2,1H3,(H2,7,8). The van der Waals surface area contributed by atoms with Crippen molar-refractivity contribution in [1.29, 1.82) is 0 Å². The van der Waals surface area contributed by atoms with Crippen LogP contribution < -0.4 is 11.5 Å². The highest BCUT2D eigenvalue weighted by Gasteiger charge is 1.96. The molecule has 9 heavy (non-hydrogen) atoms. The molecule has 0 saturated carbocycles. The van der Waals surface area contributed by atoms with Crippen molar-refractivity contribution in [3.8, 4) is 0 Å². The quantitative estimate of drug-likeness (QED) is 0.542. The van der Waals surface area contributed by atoms with Crippen LogP contribution in [0.2, 0.25) is 0 Å². The summed E-state index contributed by atoms with van der Waals surface area (Å²) in [4.78, 5) is 0. The van der Waals surface area contributed by atoms with E-state index in [1.807, 2.05) is 13.1 Å². The van der Waals surface area contributed by atoms with Crippen LogP contribution in [0.4, 0.5) is 5.82 Å². The van der Waals surface area contributed by atoms with Crippen LogP contribution in [0.15, 0.2) is 6.20 Å². The first kappa shape index (κ1) is 6.10. The summed E-state index contributed by atoms with van der Waals surface area (Å²) in [5, 5.41) is 3.90. The van der Waals surface area contributed by atoms with Gasteiger partial charge >= 0.3 is 0 Å². The maximum atomic E-state index is 5.43. The lowest BCUT2D eigenvalue weighted by atomic mass is 10.4. The summed E-state index contributed by atoms with van der Waals surface area (Å²) in [6.45, 7) is 2.28. The van der Waals surface area contributed by atoms with Gasteiger partial charge in [-0.25, -0.2) is 0 Å². The van der Waals surface area contributed by atoms with E-state index in [0.29, 0.717) is 12.5 Å². The largest absolute Gasteiger partial charge is 0.382 e. The summed E-state index contributed by atoms with van der Waals surface area (Å²) in [7, 11) is 0. The number of nitrogens with zero attached hydrogens (tertiary/aromatic N) is 2. The van der Waals surface area contributed by atoms with Gasteiger partial charge in [0.05, 0.1) is 6.67 Å². The fourth-order valence-corrected chi connectivity index (χ4v) is 0.629. The number of hydrogen-bond acceptors (Lipinski definition) is 3. The minimum Gasteiger partial charge on any atom is -0.382 e. The molecule has 1 aromatic heterocycles. The molecule has 1 aromatic rings. The molecule has 0 radical (unpaired) electrons. The Labute approximate surface area is 53.4 Å². The third-order valence-electron chi connectivity index (χ3n) is 1.17. The second kappa shape index (κ2) is 2.06. The zero-order chi connectivity index (χ0) is 6.85. The van der Waals surface area contributed by atoms with Crippen LogP contribution in [0.3, 0.4) is 0 Å². The highest BCUT2D eigenvalue weighted by molar-refractivity contribution is 5.35. The van der Waals surface area contributed by atoms with Crippen LogP contribution >= 0.6 is 0 Å². The number of hydrogen-bond donors (Lipinski definition) is 2. The molecule has 0 aliphatic heterocycles. The predicted octanol–water partition coefficient (Wildman–Crippen LogP) is -0.310. The van der Waals surface area contributed by atoms with Crippen molar-refractivity contribution in [2.24, 2.45) is 5.73 Å². The zero-order valence-electron chi connectivity index (χ0n) is 5.33. The maximum Gasteiger partial charge on any atom is 0.148 e. The number of aryl methyl sites for hydroxylation is 1. The predicted molar refractivity (Wildman–Crippen MR) is 35.6 cm³/mol. The lowest BCUT2D eigenvalue weighted by Gasteiger charge is -1.89. The first-order valence-corrected chi connectivity index (χ1v) is 2.73. The van der Waals surface area contributed by atoms with Crippen molar-refractivity contribution in [2.75, 3.05) is 5.73 Å². The first-order chi connectivity index (χ1) is 4.24. The van der Waals surface area contributed by atoms with Gasteiger partial charge in [-0.1, -0.05) is 0 Å². The van der Waals surface area contributed by atoms with Crippen LogP contribution in [0, 0.1) is 6.92 Å². The molecular weight excluding hydrogens is 116 g/mol. The Bertz CT molecular complexity index is 183. The molecule has 1 rings (SSSR count). The summed E-state index contributed by atoms with van der Waals surface area (Å²) in [6.07, 6.45) is 1.81. The molecule has 0 atom stereocenters. The minimum absolute atomic E-state index is 0.387. The van der Waals surface area contributed by atoms with Gasteiger partial charge in [0, 0.05) is 11.8 Å². The van der Waals surface area contributed by atoms with Crippen molar-refractivity contribution in [2.45, 2.75) is 13.6 Å². The average Bonchev–Trinajstić information content (AvgIpc) is 2.13. The summed E-state index contributed by atoms with van der Waals surface area (Å²) >= 11 is 0. The van der Waals surface area contributed by atoms with E-state index in [4.69, 9.17) is 11.5 Å². The summed E-state index contributed by atoms with van der Waals surface area (Å²) < 4.78 is 1.60. The molecule has 4 N–H and O–H groups in total. The Hall–Kier alpha value is -1.03. The van der Waals surface area contributed by atoms with Gasteiger partial charge in [-0.2, -0.15) is 5.10 Å². The Morgan fingerprint density at radius 1 is 1.78 bits per heavy atom. The van der Waals surface area contributed by atoms with Crippen molar-refractivity contribution < 1.29 is 0 Å². The Morgan fingerprint density at radius 3 is 2.67 bits per heavy atom. The Morgan fingerprint density at radius 2 is 2.44 bits per heavy atom. The van der Waals surface area contributed by atoms with Gasteiger partial charge in [-0.15, -0.1) is 0 Å². The monoisotopic (exact) mass is 126 g/mol. The number of nitrogen functional groups attached to an aromatic ring is 1. The van der Waals surface area contributed by atoms with Gasteiger partial charge < -0.3 is 11.5 Å². The highest BCUT2D eigenvalue weighted by atomic mass is 15.3. The van der Waals surface area contributed by atoms with Crippen LogP contribution in [-0.4, -0.2) is 9.78 Å². The van der Waals surface area contributed by atoms with E-state index in [1.54, 1.807) is 4.68 Å². The normalized spacial score (nSPS) is 10.0. The molecule has 4 heteroatoms. The topological polar surface area (TPSA) is 69.9 Å². The number of aromatic nitrogens is 2. The lowest BCUT2D eigenvalue weighted by Crippen LogP contribution is -2.07. The minimum atomic E-state index is 0.387. The Balaban J connectivity index is 2.98. The zero-order valence-corrected chi connectivity index (χ0v) is 5.33. The highest BCUT2D eigenvalue weighted by Crippen LogP contribution is 2.04. The third kappa shape index (κ3) is 1.02. The number of anilines is 1. The van der Waals surface area contributed by atoms with Gasteiger partial charge in [0.2, 0.25) is 0 Å². The van der Waals surface area contributed by atoms with E-state index in [9.17, 15) is 0 Å². The molecule has 0 aromatic carbocycles. The van der Waals surface area contributed by atoms with Crippen molar-refractivity contribution in [1.82, 2.24) is 9.78 Å². The van der Waals surface area contributed by atoms with Crippen molar-refractivity contribution in [3.05, 3.63) is 11.8 Å². The van der Waals surface area contributed by atoms with E-state index in [0.717, 1.165) is 5.56 Å². The van der Waals surface area contributed by atoms with Gasteiger partial charge in [-0.05, 0) is 6.92 Å². The molecule has 0 spiro atoms. The smallest absolute Gasteiger partial charge is 0.148 e. The molecule has 0 aliphatic rings. The number of rotatable bonds is 1. The summed E-state index contributed by atoms with van der Waals surface area (Å²) in [5.41, 5.74) is 11.7. The van der Waals surface area contributed by atoms with Crippen LogP contribution in [0.25, 0.3) is 0 Å². The van der Waals surface area contributed by atoms with E-state index < -0.39 is 0 Å². The van der Waals surface area contributed by atoms with Gasteiger partial charge in [0.1, 0.15) is 5.82 Å². The molecule has 0 saturated heterocycles. The van der Waals surface area contributed by atoms with Crippen LogP contribution in [0.5, 0.6) is 0 Å². The molecule has 0 aliphatic carbocycles. The maximum absolute atomic E-state index is 5.43. The molecule has 0 amide bonds. The summed E-state index contributed by atoms with van der Waals surface area (Å²) in [5.74, 6) is 0.556. The van der Waals surface area contributed by atoms with Crippen LogP contribution in [-0.2, 0) is 6.67 Å². The fraction of sp³-hybridized carbons (Fsp3) is 0.400. The van der Waals surface area contributed by atoms with E-state index in [2.05, 4.69) is 5.10 Å². The van der Waals surface area contributed by atoms with Crippen LogP contribution in [0.1, 0.15) is 5.56 Å². The van der Waals surface area contributed by atoms with Crippen molar-refractivity contribution >= 4 is 5.82 Å². The second-order valence-corrected chi connectivity index (χ2v) is 1.92. The van der Waals surface area contributed by atoms with Gasteiger partial charge in [0.15, 0.2) is 0 Å². The SMILES string of the molecule is Cc1cn(CN)nc1N. The van der Waals surface area contributed by atoms with E-state index in [1.165, 1.54) is 0 Å². The Kier molecular flexibility index (Phi) is 1.40.